The quantitative estimate of drug-likeness (QED) is 0.624. The van der Waals surface area contributed by atoms with Gasteiger partial charge < -0.3 is 15.9 Å². The largest absolute Gasteiger partial charge is 0.504 e. The Kier molecular flexibility index (Phi) is 1.91. The summed E-state index contributed by atoms with van der Waals surface area (Å²) >= 11 is 0. The van der Waals surface area contributed by atoms with E-state index in [0.717, 1.165) is 0 Å². The van der Waals surface area contributed by atoms with E-state index in [4.69, 9.17) is 5.73 Å². The van der Waals surface area contributed by atoms with Gasteiger partial charge in [-0.2, -0.15) is 0 Å². The molecular weight excluding hydrogens is 204 g/mol. The van der Waals surface area contributed by atoms with E-state index in [1.165, 1.54) is 18.2 Å². The molecule has 1 fully saturated rings. The van der Waals surface area contributed by atoms with E-state index in [9.17, 15) is 19.0 Å². The van der Waals surface area contributed by atoms with Gasteiger partial charge in [-0.05, 0) is 6.07 Å². The van der Waals surface area contributed by atoms with Crippen molar-refractivity contribution >= 4 is 0 Å². The molecular formula is C10H11F2NO2. The summed E-state index contributed by atoms with van der Waals surface area (Å²) in [5, 5.41) is 18.7. The summed E-state index contributed by atoms with van der Waals surface area (Å²) in [6.07, 6.45) is -1.01. The lowest BCUT2D eigenvalue weighted by Gasteiger charge is -2.44. The highest BCUT2D eigenvalue weighted by Crippen LogP contribution is 2.52. The summed E-state index contributed by atoms with van der Waals surface area (Å²) in [6, 6.07) is 4.19. The molecule has 0 unspecified atom stereocenters. The van der Waals surface area contributed by atoms with Crippen LogP contribution in [-0.2, 0) is 5.54 Å². The maximum atomic E-state index is 12.7. The molecule has 3 nitrogen and oxygen atoms in total. The van der Waals surface area contributed by atoms with Crippen molar-refractivity contribution in [3.05, 3.63) is 23.8 Å². The summed E-state index contributed by atoms with van der Waals surface area (Å²) < 4.78 is 25.5. The van der Waals surface area contributed by atoms with Gasteiger partial charge in [0.05, 0.1) is 5.54 Å². The van der Waals surface area contributed by atoms with Crippen LogP contribution in [-0.4, -0.2) is 16.1 Å². The average Bonchev–Trinajstić information content (AvgIpc) is 2.05. The summed E-state index contributed by atoms with van der Waals surface area (Å²) in [5.74, 6) is -3.52. The smallest absolute Gasteiger partial charge is 0.252 e. The summed E-state index contributed by atoms with van der Waals surface area (Å²) in [4.78, 5) is 0. The number of aromatic hydroxyl groups is 2. The molecule has 1 aromatic rings. The van der Waals surface area contributed by atoms with Crippen molar-refractivity contribution in [1.29, 1.82) is 0 Å². The van der Waals surface area contributed by atoms with Crippen LogP contribution in [0, 0.1) is 0 Å². The Morgan fingerprint density at radius 3 is 2.33 bits per heavy atom. The van der Waals surface area contributed by atoms with Gasteiger partial charge in [-0.15, -0.1) is 0 Å². The van der Waals surface area contributed by atoms with E-state index in [1.54, 1.807) is 0 Å². The fourth-order valence-electron chi connectivity index (χ4n) is 1.99. The predicted molar refractivity (Wildman–Crippen MR) is 49.8 cm³/mol. The Morgan fingerprint density at radius 1 is 1.20 bits per heavy atom. The second-order valence-corrected chi connectivity index (χ2v) is 4.04. The summed E-state index contributed by atoms with van der Waals surface area (Å²) in [7, 11) is 0. The molecule has 1 aromatic carbocycles. The van der Waals surface area contributed by atoms with Crippen molar-refractivity contribution < 1.29 is 19.0 Å². The average molecular weight is 215 g/mol. The molecule has 1 aliphatic carbocycles. The molecule has 0 heterocycles. The normalized spacial score (nSPS) is 22.1. The molecule has 0 aliphatic heterocycles. The van der Waals surface area contributed by atoms with Gasteiger partial charge in [-0.3, -0.25) is 0 Å². The van der Waals surface area contributed by atoms with Crippen LogP contribution in [0.25, 0.3) is 0 Å². The monoisotopic (exact) mass is 215 g/mol. The fraction of sp³-hybridized carbons (Fsp3) is 0.400. The van der Waals surface area contributed by atoms with Crippen LogP contribution < -0.4 is 5.73 Å². The predicted octanol–water partition coefficient (Wildman–Crippen LogP) is 1.68. The van der Waals surface area contributed by atoms with E-state index in [0.29, 0.717) is 0 Å². The second kappa shape index (κ2) is 2.82. The molecule has 15 heavy (non-hydrogen) atoms. The van der Waals surface area contributed by atoms with Gasteiger partial charge in [0.1, 0.15) is 0 Å². The molecule has 0 bridgehead atoms. The third-order valence-corrected chi connectivity index (χ3v) is 2.70. The van der Waals surface area contributed by atoms with Gasteiger partial charge in [0.15, 0.2) is 11.5 Å². The van der Waals surface area contributed by atoms with E-state index in [1.807, 2.05) is 0 Å². The molecule has 1 saturated carbocycles. The molecule has 0 atom stereocenters. The van der Waals surface area contributed by atoms with Gasteiger partial charge in [-0.1, -0.05) is 12.1 Å². The number of rotatable bonds is 1. The topological polar surface area (TPSA) is 66.5 Å². The van der Waals surface area contributed by atoms with Crippen LogP contribution in [0.15, 0.2) is 18.2 Å². The van der Waals surface area contributed by atoms with E-state index >= 15 is 0 Å². The van der Waals surface area contributed by atoms with Gasteiger partial charge in [0.2, 0.25) is 0 Å². The Hall–Kier alpha value is -1.36. The lowest BCUT2D eigenvalue weighted by Crippen LogP contribution is -2.55. The molecule has 0 radical (unpaired) electrons. The van der Waals surface area contributed by atoms with Gasteiger partial charge in [0.25, 0.3) is 5.92 Å². The number of alkyl halides is 2. The zero-order chi connectivity index (χ0) is 11.3. The zero-order valence-electron chi connectivity index (χ0n) is 7.87. The maximum absolute atomic E-state index is 12.7. The van der Waals surface area contributed by atoms with Crippen molar-refractivity contribution in [2.75, 3.05) is 0 Å². The zero-order valence-corrected chi connectivity index (χ0v) is 7.87. The Morgan fingerprint density at radius 2 is 1.80 bits per heavy atom. The molecule has 0 aromatic heterocycles. The SMILES string of the molecule is NC1(c2cccc(O)c2O)CC(F)(F)C1. The standard InChI is InChI=1S/C10H11F2NO2/c11-10(12)4-9(13,5-10)6-2-1-3-7(14)8(6)15/h1-3,14-15H,4-5,13H2. The first-order valence-corrected chi connectivity index (χ1v) is 4.52. The highest BCUT2D eigenvalue weighted by atomic mass is 19.3. The lowest BCUT2D eigenvalue weighted by molar-refractivity contribution is -0.125. The van der Waals surface area contributed by atoms with Crippen molar-refractivity contribution in [1.82, 2.24) is 0 Å². The van der Waals surface area contributed by atoms with Crippen molar-refractivity contribution in [2.24, 2.45) is 5.73 Å². The number of para-hydroxylation sites is 1. The minimum atomic E-state index is -2.77. The van der Waals surface area contributed by atoms with Crippen LogP contribution in [0.1, 0.15) is 18.4 Å². The first kappa shape index (κ1) is 10.2. The van der Waals surface area contributed by atoms with Gasteiger partial charge >= 0.3 is 0 Å². The van der Waals surface area contributed by atoms with Crippen LogP contribution in [0.4, 0.5) is 8.78 Å². The van der Waals surface area contributed by atoms with Crippen molar-refractivity contribution in [3.63, 3.8) is 0 Å². The molecule has 5 heteroatoms. The molecule has 0 saturated heterocycles. The number of hydrogen-bond acceptors (Lipinski definition) is 3. The number of hydrogen-bond donors (Lipinski definition) is 3. The van der Waals surface area contributed by atoms with Gasteiger partial charge in [0, 0.05) is 18.4 Å². The maximum Gasteiger partial charge on any atom is 0.252 e. The molecule has 0 amide bonds. The van der Waals surface area contributed by atoms with Crippen molar-refractivity contribution in [3.8, 4) is 11.5 Å². The molecule has 82 valence electrons. The lowest BCUT2D eigenvalue weighted by atomic mass is 9.69. The Bertz CT molecular complexity index is 398. The Balaban J connectivity index is 2.36. The van der Waals surface area contributed by atoms with E-state index < -0.39 is 30.1 Å². The highest BCUT2D eigenvalue weighted by Gasteiger charge is 2.56. The third kappa shape index (κ3) is 1.52. The van der Waals surface area contributed by atoms with Crippen LogP contribution in [0.2, 0.25) is 0 Å². The van der Waals surface area contributed by atoms with Gasteiger partial charge in [-0.25, -0.2) is 8.78 Å². The third-order valence-electron chi connectivity index (χ3n) is 2.70. The highest BCUT2D eigenvalue weighted by molar-refractivity contribution is 5.49. The fourth-order valence-corrected chi connectivity index (χ4v) is 1.99. The molecule has 1 aliphatic rings. The summed E-state index contributed by atoms with van der Waals surface area (Å²) in [5.41, 5.74) is 4.66. The minimum absolute atomic E-state index is 0.174. The number of benzene rings is 1. The van der Waals surface area contributed by atoms with Crippen LogP contribution in [0.3, 0.4) is 0 Å². The minimum Gasteiger partial charge on any atom is -0.504 e. The van der Waals surface area contributed by atoms with E-state index in [-0.39, 0.29) is 11.3 Å². The first-order valence-electron chi connectivity index (χ1n) is 4.52. The number of phenolic OH excluding ortho intramolecular Hbond substituents is 2. The van der Waals surface area contributed by atoms with Crippen LogP contribution >= 0.6 is 0 Å². The summed E-state index contributed by atoms with van der Waals surface area (Å²) in [6.45, 7) is 0. The number of phenols is 2. The molecule has 2 rings (SSSR count). The Labute approximate surface area is 85.1 Å². The second-order valence-electron chi connectivity index (χ2n) is 4.04. The number of halogens is 2. The molecule has 0 spiro atoms. The molecule has 4 N–H and O–H groups in total. The van der Waals surface area contributed by atoms with Crippen molar-refractivity contribution in [2.45, 2.75) is 24.3 Å². The number of nitrogens with two attached hydrogens (primary N) is 1. The van der Waals surface area contributed by atoms with E-state index in [2.05, 4.69) is 0 Å². The first-order chi connectivity index (χ1) is 6.84. The van der Waals surface area contributed by atoms with Crippen LogP contribution in [0.5, 0.6) is 11.5 Å².